The van der Waals surface area contributed by atoms with Gasteiger partial charge in [0.15, 0.2) is 0 Å². The second-order valence-corrected chi connectivity index (χ2v) is 4.74. The average Bonchev–Trinajstić information content (AvgIpc) is 2.60. The first kappa shape index (κ1) is 13.7. The maximum atomic E-state index is 11.4. The Morgan fingerprint density at radius 3 is 2.89 bits per heavy atom. The van der Waals surface area contributed by atoms with Gasteiger partial charge in [0.2, 0.25) is 0 Å². The topological polar surface area (TPSA) is 31.2 Å². The van der Waals surface area contributed by atoms with Crippen LogP contribution in [-0.2, 0) is 16.6 Å². The van der Waals surface area contributed by atoms with Crippen LogP contribution in [-0.4, -0.2) is 17.1 Å². The van der Waals surface area contributed by atoms with E-state index in [1.807, 2.05) is 32.2 Å². The van der Waals surface area contributed by atoms with Gasteiger partial charge in [0, 0.05) is 40.3 Å². The Hall–Kier alpha value is -1.74. The lowest BCUT2D eigenvalue weighted by Crippen LogP contribution is -1.98. The Kier molecular flexibility index (Phi) is 3.96. The first-order valence-electron chi connectivity index (χ1n) is 6.14. The molecule has 0 saturated heterocycles. The fourth-order valence-corrected chi connectivity index (χ4v) is 2.30. The monoisotopic (exact) mass is 277 g/mol. The van der Waals surface area contributed by atoms with E-state index in [0.717, 1.165) is 22.2 Å². The Morgan fingerprint density at radius 2 is 2.21 bits per heavy atom. The maximum absolute atomic E-state index is 11.4. The lowest BCUT2D eigenvalue weighted by Gasteiger charge is -1.98. The van der Waals surface area contributed by atoms with Gasteiger partial charge in [-0.2, -0.15) is 0 Å². The molecule has 0 aliphatic rings. The number of aromatic nitrogens is 1. The number of esters is 1. The van der Waals surface area contributed by atoms with Crippen LogP contribution >= 0.6 is 11.6 Å². The lowest BCUT2D eigenvalue weighted by atomic mass is 10.1. The van der Waals surface area contributed by atoms with Gasteiger partial charge in [0.05, 0.1) is 6.61 Å². The smallest absolute Gasteiger partial charge is 0.330 e. The summed E-state index contributed by atoms with van der Waals surface area (Å²) < 4.78 is 6.97. The number of rotatable bonds is 3. The second-order valence-electron chi connectivity index (χ2n) is 4.30. The number of hydrogen-bond donors (Lipinski definition) is 0. The molecule has 0 atom stereocenters. The van der Waals surface area contributed by atoms with Crippen molar-refractivity contribution < 1.29 is 9.53 Å². The third-order valence-electron chi connectivity index (χ3n) is 3.18. The molecule has 0 fully saturated rings. The van der Waals surface area contributed by atoms with E-state index < -0.39 is 0 Å². The quantitative estimate of drug-likeness (QED) is 0.632. The number of nitrogens with zero attached hydrogens (tertiary/aromatic N) is 1. The van der Waals surface area contributed by atoms with Crippen LogP contribution in [0.3, 0.4) is 0 Å². The molecule has 1 aromatic heterocycles. The molecule has 0 saturated carbocycles. The summed E-state index contributed by atoms with van der Waals surface area (Å²) in [5.74, 6) is -0.332. The van der Waals surface area contributed by atoms with Gasteiger partial charge in [-0.3, -0.25) is 0 Å². The van der Waals surface area contributed by atoms with Gasteiger partial charge in [-0.1, -0.05) is 11.6 Å². The normalized spacial score (nSPS) is 11.4. The molecule has 2 rings (SSSR count). The van der Waals surface area contributed by atoms with E-state index in [4.69, 9.17) is 16.3 Å². The molecule has 0 unspecified atom stereocenters. The molecule has 0 radical (unpaired) electrons. The molecule has 1 aromatic carbocycles. The zero-order valence-electron chi connectivity index (χ0n) is 11.2. The van der Waals surface area contributed by atoms with Crippen molar-refractivity contribution in [2.45, 2.75) is 13.8 Å². The van der Waals surface area contributed by atoms with Gasteiger partial charge in [-0.25, -0.2) is 4.79 Å². The zero-order valence-corrected chi connectivity index (χ0v) is 12.0. The number of carbonyl (C=O) groups excluding carboxylic acids is 1. The standard InChI is InChI=1S/C15H16ClNO2/c1-4-19-15(18)8-6-12-10(2)17(3)14-7-5-11(16)9-13(12)14/h5-9H,4H2,1-3H3/b8-6+. The molecule has 0 spiro atoms. The van der Waals surface area contributed by atoms with Crippen LogP contribution in [0.25, 0.3) is 17.0 Å². The molecular weight excluding hydrogens is 262 g/mol. The Labute approximate surface area is 117 Å². The van der Waals surface area contributed by atoms with E-state index in [2.05, 4.69) is 4.57 Å². The van der Waals surface area contributed by atoms with Crippen molar-refractivity contribution in [3.8, 4) is 0 Å². The number of carbonyl (C=O) groups is 1. The number of hydrogen-bond acceptors (Lipinski definition) is 2. The van der Waals surface area contributed by atoms with Crippen LogP contribution in [0.1, 0.15) is 18.2 Å². The first-order chi connectivity index (χ1) is 9.04. The van der Waals surface area contributed by atoms with E-state index in [9.17, 15) is 4.79 Å². The Bertz CT molecular complexity index is 656. The molecular formula is C15H16ClNO2. The minimum Gasteiger partial charge on any atom is -0.463 e. The third kappa shape index (κ3) is 2.66. The predicted molar refractivity (Wildman–Crippen MR) is 78.3 cm³/mol. The molecule has 3 nitrogen and oxygen atoms in total. The minimum atomic E-state index is -0.332. The maximum Gasteiger partial charge on any atom is 0.330 e. The van der Waals surface area contributed by atoms with Crippen LogP contribution in [0.5, 0.6) is 0 Å². The molecule has 0 aliphatic heterocycles. The summed E-state index contributed by atoms with van der Waals surface area (Å²) in [5, 5.41) is 1.72. The largest absolute Gasteiger partial charge is 0.463 e. The molecule has 2 aromatic rings. The lowest BCUT2D eigenvalue weighted by molar-refractivity contribution is -0.137. The number of ether oxygens (including phenoxy) is 1. The van der Waals surface area contributed by atoms with Gasteiger partial charge >= 0.3 is 5.97 Å². The highest BCUT2D eigenvalue weighted by Crippen LogP contribution is 2.28. The first-order valence-corrected chi connectivity index (χ1v) is 6.51. The van der Waals surface area contributed by atoms with E-state index in [-0.39, 0.29) is 5.97 Å². The summed E-state index contributed by atoms with van der Waals surface area (Å²) >= 11 is 6.04. The molecule has 0 bridgehead atoms. The van der Waals surface area contributed by atoms with Crippen molar-refractivity contribution in [3.05, 3.63) is 40.6 Å². The summed E-state index contributed by atoms with van der Waals surface area (Å²) in [6.45, 7) is 4.18. The van der Waals surface area contributed by atoms with E-state index in [1.54, 1.807) is 13.0 Å². The fraction of sp³-hybridized carbons (Fsp3) is 0.267. The van der Waals surface area contributed by atoms with Crippen LogP contribution in [0.15, 0.2) is 24.3 Å². The van der Waals surface area contributed by atoms with Gasteiger partial charge in [0.25, 0.3) is 0 Å². The van der Waals surface area contributed by atoms with Crippen molar-refractivity contribution in [2.75, 3.05) is 6.61 Å². The third-order valence-corrected chi connectivity index (χ3v) is 3.41. The molecule has 100 valence electrons. The Balaban J connectivity index is 2.50. The minimum absolute atomic E-state index is 0.332. The summed E-state index contributed by atoms with van der Waals surface area (Å²) in [6.07, 6.45) is 3.23. The summed E-state index contributed by atoms with van der Waals surface area (Å²) in [7, 11) is 1.99. The highest BCUT2D eigenvalue weighted by molar-refractivity contribution is 6.31. The highest BCUT2D eigenvalue weighted by atomic mass is 35.5. The van der Waals surface area contributed by atoms with Crippen molar-refractivity contribution in [1.82, 2.24) is 4.57 Å². The van der Waals surface area contributed by atoms with Gasteiger partial charge in [-0.05, 0) is 38.1 Å². The van der Waals surface area contributed by atoms with E-state index in [1.165, 1.54) is 6.08 Å². The number of aryl methyl sites for hydroxylation is 1. The second kappa shape index (κ2) is 5.49. The average molecular weight is 278 g/mol. The summed E-state index contributed by atoms with van der Waals surface area (Å²) in [6, 6.07) is 5.75. The Morgan fingerprint density at radius 1 is 1.47 bits per heavy atom. The van der Waals surface area contributed by atoms with Crippen molar-refractivity contribution in [1.29, 1.82) is 0 Å². The van der Waals surface area contributed by atoms with Crippen LogP contribution in [0.4, 0.5) is 0 Å². The van der Waals surface area contributed by atoms with Crippen LogP contribution < -0.4 is 0 Å². The molecule has 4 heteroatoms. The van der Waals surface area contributed by atoms with E-state index in [0.29, 0.717) is 11.6 Å². The molecule has 0 amide bonds. The SMILES string of the molecule is CCOC(=O)/C=C/c1c(C)n(C)c2ccc(Cl)cc12. The number of benzene rings is 1. The van der Waals surface area contributed by atoms with E-state index >= 15 is 0 Å². The van der Waals surface area contributed by atoms with Gasteiger partial charge < -0.3 is 9.30 Å². The van der Waals surface area contributed by atoms with Crippen molar-refractivity contribution in [2.24, 2.45) is 7.05 Å². The molecule has 1 heterocycles. The zero-order chi connectivity index (χ0) is 14.0. The molecule has 0 aliphatic carbocycles. The van der Waals surface area contributed by atoms with Gasteiger partial charge in [0.1, 0.15) is 0 Å². The summed E-state index contributed by atoms with van der Waals surface area (Å²) in [4.78, 5) is 11.4. The highest BCUT2D eigenvalue weighted by Gasteiger charge is 2.10. The van der Waals surface area contributed by atoms with Gasteiger partial charge in [-0.15, -0.1) is 0 Å². The van der Waals surface area contributed by atoms with Crippen molar-refractivity contribution in [3.63, 3.8) is 0 Å². The van der Waals surface area contributed by atoms with Crippen LogP contribution in [0.2, 0.25) is 5.02 Å². The molecule has 19 heavy (non-hydrogen) atoms. The predicted octanol–water partition coefficient (Wildman–Crippen LogP) is 3.72. The van der Waals surface area contributed by atoms with Crippen LogP contribution in [0, 0.1) is 6.92 Å². The van der Waals surface area contributed by atoms with Crippen molar-refractivity contribution >= 4 is 34.5 Å². The summed E-state index contributed by atoms with van der Waals surface area (Å²) in [5.41, 5.74) is 3.16. The molecule has 0 N–H and O–H groups in total. The fourth-order valence-electron chi connectivity index (χ4n) is 2.12. The number of halogens is 1. The number of fused-ring (bicyclic) bond motifs is 1.